The van der Waals surface area contributed by atoms with Gasteiger partial charge in [-0.25, -0.2) is 4.99 Å². The van der Waals surface area contributed by atoms with Crippen LogP contribution in [0, 0.1) is 0 Å². The zero-order chi connectivity index (χ0) is 29.1. The molecule has 0 fully saturated rings. The highest BCUT2D eigenvalue weighted by Crippen LogP contribution is 2.43. The van der Waals surface area contributed by atoms with E-state index in [9.17, 15) is 4.79 Å². The largest absolute Gasteiger partial charge is 0.494 e. The van der Waals surface area contributed by atoms with Crippen LogP contribution in [0.3, 0.4) is 0 Å². The van der Waals surface area contributed by atoms with Gasteiger partial charge in [0.2, 0.25) is 5.90 Å². The Balaban J connectivity index is 1.80. The molecule has 0 bridgehead atoms. The van der Waals surface area contributed by atoms with Crippen LogP contribution in [0.25, 0.3) is 10.4 Å². The van der Waals surface area contributed by atoms with Crippen LogP contribution >= 0.6 is 15.9 Å². The van der Waals surface area contributed by atoms with Crippen molar-refractivity contribution >= 4 is 27.7 Å². The van der Waals surface area contributed by atoms with Crippen LogP contribution < -0.4 is 10.1 Å². The number of nitrogens with one attached hydrogen (secondary N) is 1. The van der Waals surface area contributed by atoms with E-state index in [1.807, 2.05) is 72.8 Å². The van der Waals surface area contributed by atoms with E-state index in [-0.39, 0.29) is 25.5 Å². The van der Waals surface area contributed by atoms with E-state index in [2.05, 4.69) is 38.2 Å². The first-order valence-corrected chi connectivity index (χ1v) is 14.5. The Morgan fingerprint density at radius 3 is 2.54 bits per heavy atom. The van der Waals surface area contributed by atoms with Gasteiger partial charge >= 0.3 is 0 Å². The quantitative estimate of drug-likeness (QED) is 0.0931. The molecule has 10 heteroatoms. The molecule has 3 aromatic rings. The zero-order valence-corrected chi connectivity index (χ0v) is 24.6. The maximum absolute atomic E-state index is 14.2. The molecule has 0 unspecified atom stereocenters. The molecule has 9 nitrogen and oxygen atoms in total. The predicted octanol–water partition coefficient (Wildman–Crippen LogP) is 6.44. The highest BCUT2D eigenvalue weighted by Gasteiger charge is 2.53. The Hall–Kier alpha value is -3.85. The van der Waals surface area contributed by atoms with Gasteiger partial charge in [-0.15, -0.1) is 0 Å². The van der Waals surface area contributed by atoms with E-state index >= 15 is 0 Å². The summed E-state index contributed by atoms with van der Waals surface area (Å²) in [7, 11) is 0. The summed E-state index contributed by atoms with van der Waals surface area (Å²) < 4.78 is 13.2. The van der Waals surface area contributed by atoms with Gasteiger partial charge in [0.15, 0.2) is 11.6 Å². The summed E-state index contributed by atoms with van der Waals surface area (Å²) >= 11 is 3.50. The number of unbranched alkanes of at least 4 members (excludes halogenated alkanes) is 1. The number of hydrogen-bond acceptors (Lipinski definition) is 6. The van der Waals surface area contributed by atoms with E-state index in [0.29, 0.717) is 36.8 Å². The Labute approximate surface area is 248 Å². The molecule has 0 saturated carbocycles. The Bertz CT molecular complexity index is 1390. The van der Waals surface area contributed by atoms with Crippen LogP contribution in [-0.4, -0.2) is 42.2 Å². The third-order valence-electron chi connectivity index (χ3n) is 6.90. The van der Waals surface area contributed by atoms with Gasteiger partial charge in [-0.1, -0.05) is 70.8 Å². The Morgan fingerprint density at radius 2 is 1.85 bits per heavy atom. The standard InChI is InChI=1S/C31H34BrN5O4/c1-2-3-17-34-30(39)31(20-24-7-4-5-8-25(24)21-35-37-33)28(22-9-13-26(32)14-10-22)41-29(36-31)23-11-15-27(16-12-23)40-19-6-18-38/h4-5,7-16,28,38H,2-3,6,17-21H2,1H3,(H,34,39)/t28-,31-/m1/s1. The topological polar surface area (TPSA) is 129 Å². The normalized spacial score (nSPS) is 17.7. The molecule has 2 N–H and O–H groups in total. The van der Waals surface area contributed by atoms with Crippen molar-refractivity contribution in [2.24, 2.45) is 10.1 Å². The molecule has 0 aliphatic carbocycles. The minimum Gasteiger partial charge on any atom is -0.494 e. The van der Waals surface area contributed by atoms with E-state index in [0.717, 1.165) is 34.0 Å². The van der Waals surface area contributed by atoms with E-state index in [4.69, 9.17) is 25.1 Å². The van der Waals surface area contributed by atoms with Crippen molar-refractivity contribution in [3.63, 3.8) is 0 Å². The van der Waals surface area contributed by atoms with Gasteiger partial charge in [0.25, 0.3) is 5.91 Å². The van der Waals surface area contributed by atoms with Crippen molar-refractivity contribution in [1.29, 1.82) is 0 Å². The fraction of sp³-hybridized carbons (Fsp3) is 0.355. The fourth-order valence-electron chi connectivity index (χ4n) is 4.73. The van der Waals surface area contributed by atoms with Gasteiger partial charge in [-0.3, -0.25) is 4.79 Å². The third kappa shape index (κ3) is 7.47. The monoisotopic (exact) mass is 619 g/mol. The number of amides is 1. The van der Waals surface area contributed by atoms with Crippen LogP contribution in [0.5, 0.6) is 5.75 Å². The zero-order valence-electron chi connectivity index (χ0n) is 23.0. The second-order valence-electron chi connectivity index (χ2n) is 9.78. The van der Waals surface area contributed by atoms with Crippen molar-refractivity contribution in [3.05, 3.63) is 110 Å². The molecule has 41 heavy (non-hydrogen) atoms. The van der Waals surface area contributed by atoms with Crippen LogP contribution in [0.4, 0.5) is 0 Å². The summed E-state index contributed by atoms with van der Waals surface area (Å²) in [6.45, 7) is 3.24. The van der Waals surface area contributed by atoms with Gasteiger partial charge in [-0.05, 0) is 65.0 Å². The molecule has 0 saturated heterocycles. The van der Waals surface area contributed by atoms with Gasteiger partial charge in [0.1, 0.15) is 5.75 Å². The van der Waals surface area contributed by atoms with Crippen molar-refractivity contribution in [1.82, 2.24) is 5.32 Å². The number of hydrogen-bond donors (Lipinski definition) is 2. The average molecular weight is 621 g/mol. The molecule has 1 aliphatic rings. The number of carbonyl (C=O) groups excluding carboxylic acids is 1. The molecule has 0 aromatic heterocycles. The molecule has 1 aliphatic heterocycles. The van der Waals surface area contributed by atoms with Crippen molar-refractivity contribution in [2.45, 2.75) is 50.8 Å². The number of carbonyl (C=O) groups is 1. The number of aliphatic imine (C=N–C) groups is 1. The summed E-state index contributed by atoms with van der Waals surface area (Å²) in [6, 6.07) is 22.7. The lowest BCUT2D eigenvalue weighted by Crippen LogP contribution is -2.50. The summed E-state index contributed by atoms with van der Waals surface area (Å²) in [5.74, 6) is 0.801. The average Bonchev–Trinajstić information content (AvgIpc) is 3.38. The first kappa shape index (κ1) is 30.1. The van der Waals surface area contributed by atoms with Crippen LogP contribution in [0.2, 0.25) is 0 Å². The number of rotatable bonds is 14. The molecule has 2 atom stereocenters. The number of aliphatic hydroxyl groups excluding tert-OH is 1. The first-order chi connectivity index (χ1) is 20.0. The minimum atomic E-state index is -1.32. The van der Waals surface area contributed by atoms with E-state index < -0.39 is 11.6 Å². The predicted molar refractivity (Wildman–Crippen MR) is 162 cm³/mol. The summed E-state index contributed by atoms with van der Waals surface area (Å²) in [5, 5.41) is 15.9. The number of ether oxygens (including phenoxy) is 2. The lowest BCUT2D eigenvalue weighted by molar-refractivity contribution is -0.128. The maximum Gasteiger partial charge on any atom is 0.252 e. The molecule has 0 spiro atoms. The van der Waals surface area contributed by atoms with Gasteiger partial charge in [-0.2, -0.15) is 0 Å². The molecular weight excluding hydrogens is 586 g/mol. The molecule has 4 rings (SSSR count). The number of aliphatic hydroxyl groups is 1. The Kier molecular flexibility index (Phi) is 10.8. The Morgan fingerprint density at radius 1 is 1.12 bits per heavy atom. The minimum absolute atomic E-state index is 0.0641. The number of azide groups is 1. The highest BCUT2D eigenvalue weighted by atomic mass is 79.9. The van der Waals surface area contributed by atoms with E-state index in [1.165, 1.54) is 0 Å². The van der Waals surface area contributed by atoms with Gasteiger partial charge in [0.05, 0.1) is 13.2 Å². The highest BCUT2D eigenvalue weighted by molar-refractivity contribution is 9.10. The molecule has 1 heterocycles. The van der Waals surface area contributed by atoms with Gasteiger partial charge in [0, 0.05) is 40.9 Å². The molecule has 214 valence electrons. The first-order valence-electron chi connectivity index (χ1n) is 13.7. The molecule has 0 radical (unpaired) electrons. The van der Waals surface area contributed by atoms with Crippen LogP contribution in [0.1, 0.15) is 54.5 Å². The van der Waals surface area contributed by atoms with Crippen LogP contribution in [0.15, 0.2) is 87.4 Å². The van der Waals surface area contributed by atoms with Gasteiger partial charge < -0.3 is 19.9 Å². The van der Waals surface area contributed by atoms with Crippen molar-refractivity contribution < 1.29 is 19.4 Å². The number of halogens is 1. The smallest absolute Gasteiger partial charge is 0.252 e. The second kappa shape index (κ2) is 14.7. The van der Waals surface area contributed by atoms with E-state index in [1.54, 1.807) is 0 Å². The number of nitrogens with zero attached hydrogens (tertiary/aromatic N) is 4. The molecule has 3 aromatic carbocycles. The third-order valence-corrected chi connectivity index (χ3v) is 7.43. The summed E-state index contributed by atoms with van der Waals surface area (Å²) in [4.78, 5) is 22.2. The number of benzene rings is 3. The summed E-state index contributed by atoms with van der Waals surface area (Å²) in [6.07, 6.45) is 1.86. The summed E-state index contributed by atoms with van der Waals surface area (Å²) in [5.41, 5.74) is 10.8. The van der Waals surface area contributed by atoms with Crippen LogP contribution in [-0.2, 0) is 22.5 Å². The fourth-order valence-corrected chi connectivity index (χ4v) is 5.00. The molecular formula is C31H34BrN5O4. The maximum atomic E-state index is 14.2. The SMILES string of the molecule is CCCCNC(=O)[C@]1(Cc2ccccc2CN=[N+]=[N-])N=C(c2ccc(OCCCO)cc2)O[C@@H]1c1ccc(Br)cc1. The van der Waals surface area contributed by atoms with Crippen molar-refractivity contribution in [3.8, 4) is 5.75 Å². The van der Waals surface area contributed by atoms with Crippen molar-refractivity contribution in [2.75, 3.05) is 19.8 Å². The lowest BCUT2D eigenvalue weighted by Gasteiger charge is -2.31. The second-order valence-corrected chi connectivity index (χ2v) is 10.7. The lowest BCUT2D eigenvalue weighted by atomic mass is 9.81. The molecule has 1 amide bonds.